The summed E-state index contributed by atoms with van der Waals surface area (Å²) in [6.07, 6.45) is 3.14. The molecule has 1 aromatic carbocycles. The van der Waals surface area contributed by atoms with Crippen molar-refractivity contribution in [3.63, 3.8) is 0 Å². The molecule has 1 aliphatic rings. The van der Waals surface area contributed by atoms with E-state index < -0.39 is 0 Å². The van der Waals surface area contributed by atoms with E-state index >= 15 is 0 Å². The summed E-state index contributed by atoms with van der Waals surface area (Å²) < 4.78 is 18.4. The van der Waals surface area contributed by atoms with Crippen molar-refractivity contribution >= 4 is 11.8 Å². The Labute approximate surface area is 120 Å². The molecule has 1 fully saturated rings. The van der Waals surface area contributed by atoms with E-state index in [0.29, 0.717) is 17.5 Å². The molecule has 1 heterocycles. The molecule has 0 aliphatic heterocycles. The lowest BCUT2D eigenvalue weighted by molar-refractivity contribution is 0.342. The van der Waals surface area contributed by atoms with Gasteiger partial charge in [0.1, 0.15) is 5.82 Å². The highest BCUT2D eigenvalue weighted by Crippen LogP contribution is 2.32. The molecule has 0 radical (unpaired) electrons. The minimum atomic E-state index is -0.235. The maximum Gasteiger partial charge on any atom is 0.231 e. The number of benzene rings is 1. The largest absolute Gasteiger partial charge is 0.339 e. The third kappa shape index (κ3) is 3.02. The van der Waals surface area contributed by atoms with Gasteiger partial charge in [0, 0.05) is 10.9 Å². The fourth-order valence-electron chi connectivity index (χ4n) is 2.48. The first-order valence-corrected chi connectivity index (χ1v) is 7.67. The molecule has 6 heteroatoms. The Morgan fingerprint density at radius 1 is 1.40 bits per heavy atom. The predicted octanol–water partition coefficient (Wildman–Crippen LogP) is 3.10. The molecule has 20 heavy (non-hydrogen) atoms. The highest BCUT2D eigenvalue weighted by molar-refractivity contribution is 7.98. The Bertz CT molecular complexity index is 589. The Morgan fingerprint density at radius 3 is 3.05 bits per heavy atom. The Balaban J connectivity index is 1.63. The van der Waals surface area contributed by atoms with E-state index in [4.69, 9.17) is 10.3 Å². The topological polar surface area (TPSA) is 64.9 Å². The van der Waals surface area contributed by atoms with Crippen LogP contribution in [0.5, 0.6) is 0 Å². The number of rotatable bonds is 4. The Kier molecular flexibility index (Phi) is 4.03. The quantitative estimate of drug-likeness (QED) is 0.877. The van der Waals surface area contributed by atoms with Crippen molar-refractivity contribution in [2.24, 2.45) is 5.73 Å². The van der Waals surface area contributed by atoms with E-state index in [9.17, 15) is 4.39 Å². The first-order chi connectivity index (χ1) is 9.72. The van der Waals surface area contributed by atoms with Gasteiger partial charge in [-0.3, -0.25) is 0 Å². The molecule has 2 N–H and O–H groups in total. The maximum atomic E-state index is 13.1. The minimum Gasteiger partial charge on any atom is -0.339 e. The first-order valence-electron chi connectivity index (χ1n) is 6.69. The zero-order valence-electron chi connectivity index (χ0n) is 11.0. The molecular weight excluding hydrogens is 277 g/mol. The number of nitrogens with zero attached hydrogens (tertiary/aromatic N) is 2. The molecule has 2 aromatic rings. The molecule has 4 nitrogen and oxygen atoms in total. The maximum absolute atomic E-state index is 13.1. The van der Waals surface area contributed by atoms with Gasteiger partial charge < -0.3 is 10.3 Å². The normalized spacial score (nSPS) is 22.3. The third-order valence-electron chi connectivity index (χ3n) is 3.53. The summed E-state index contributed by atoms with van der Waals surface area (Å²) in [7, 11) is 0. The van der Waals surface area contributed by atoms with E-state index in [0.717, 1.165) is 24.2 Å². The van der Waals surface area contributed by atoms with Gasteiger partial charge in [0.05, 0.1) is 11.7 Å². The lowest BCUT2D eigenvalue weighted by atomic mass is 10.1. The van der Waals surface area contributed by atoms with Crippen molar-refractivity contribution in [2.45, 2.75) is 41.9 Å². The number of thioether (sulfide) groups is 1. The summed E-state index contributed by atoms with van der Waals surface area (Å²) in [6.45, 7) is 0. The number of nitrogens with two attached hydrogens (primary N) is 1. The van der Waals surface area contributed by atoms with Gasteiger partial charge in [-0.25, -0.2) is 4.39 Å². The van der Waals surface area contributed by atoms with Crippen LogP contribution in [0.25, 0.3) is 0 Å². The number of aromatic nitrogens is 2. The van der Waals surface area contributed by atoms with Crippen LogP contribution in [0.1, 0.15) is 36.9 Å². The van der Waals surface area contributed by atoms with Crippen molar-refractivity contribution in [1.29, 1.82) is 0 Å². The number of halogens is 1. The van der Waals surface area contributed by atoms with Crippen molar-refractivity contribution in [3.8, 4) is 0 Å². The van der Waals surface area contributed by atoms with Crippen LogP contribution >= 0.6 is 11.8 Å². The van der Waals surface area contributed by atoms with Crippen molar-refractivity contribution in [3.05, 3.63) is 41.8 Å². The average molecular weight is 293 g/mol. The third-order valence-corrected chi connectivity index (χ3v) is 4.52. The van der Waals surface area contributed by atoms with Gasteiger partial charge in [0.2, 0.25) is 5.89 Å². The summed E-state index contributed by atoms with van der Waals surface area (Å²) in [4.78, 5) is 5.26. The van der Waals surface area contributed by atoms with E-state index in [-0.39, 0.29) is 17.8 Å². The summed E-state index contributed by atoms with van der Waals surface area (Å²) in [5, 5.41) is 3.98. The lowest BCUT2D eigenvalue weighted by Crippen LogP contribution is -2.22. The van der Waals surface area contributed by atoms with Crippen LogP contribution in [0, 0.1) is 5.82 Å². The van der Waals surface area contributed by atoms with Crippen LogP contribution < -0.4 is 5.73 Å². The molecule has 2 unspecified atom stereocenters. The molecule has 1 saturated carbocycles. The second-order valence-corrected chi connectivity index (χ2v) is 6.04. The molecule has 1 aromatic heterocycles. The smallest absolute Gasteiger partial charge is 0.231 e. The Hall–Kier alpha value is -1.40. The van der Waals surface area contributed by atoms with Crippen molar-refractivity contribution in [2.75, 3.05) is 0 Å². The van der Waals surface area contributed by atoms with Gasteiger partial charge >= 0.3 is 0 Å². The van der Waals surface area contributed by atoms with Gasteiger partial charge in [-0.15, -0.1) is 11.8 Å². The molecule has 1 aliphatic carbocycles. The molecule has 0 saturated heterocycles. The van der Waals surface area contributed by atoms with Crippen LogP contribution in [0.15, 0.2) is 33.7 Å². The highest BCUT2D eigenvalue weighted by atomic mass is 32.2. The highest BCUT2D eigenvalue weighted by Gasteiger charge is 2.30. The van der Waals surface area contributed by atoms with E-state index in [1.54, 1.807) is 6.07 Å². The monoisotopic (exact) mass is 293 g/mol. The van der Waals surface area contributed by atoms with Crippen LogP contribution in [0.2, 0.25) is 0 Å². The summed E-state index contributed by atoms with van der Waals surface area (Å²) in [5.74, 6) is 1.80. The molecule has 2 atom stereocenters. The van der Waals surface area contributed by atoms with E-state index in [1.807, 2.05) is 6.07 Å². The van der Waals surface area contributed by atoms with Crippen LogP contribution in [-0.2, 0) is 5.75 Å². The van der Waals surface area contributed by atoms with Crippen molar-refractivity contribution in [1.82, 2.24) is 10.1 Å². The second kappa shape index (κ2) is 5.93. The van der Waals surface area contributed by atoms with Crippen LogP contribution in [0.4, 0.5) is 4.39 Å². The molecule has 3 rings (SSSR count). The van der Waals surface area contributed by atoms with Gasteiger partial charge in [-0.1, -0.05) is 17.6 Å². The first kappa shape index (κ1) is 13.6. The summed E-state index contributed by atoms with van der Waals surface area (Å²) >= 11 is 1.49. The van der Waals surface area contributed by atoms with Crippen LogP contribution in [0.3, 0.4) is 0 Å². The number of hydrogen-bond donors (Lipinski definition) is 1. The molecule has 106 valence electrons. The summed E-state index contributed by atoms with van der Waals surface area (Å²) in [5.41, 5.74) is 6.03. The van der Waals surface area contributed by atoms with Gasteiger partial charge in [0.25, 0.3) is 0 Å². The molecule has 0 amide bonds. The lowest BCUT2D eigenvalue weighted by Gasteiger charge is -2.08. The van der Waals surface area contributed by atoms with Crippen molar-refractivity contribution < 1.29 is 8.91 Å². The molecule has 0 spiro atoms. The SMILES string of the molecule is NC1CCCC1c1nc(CSc2cccc(F)c2)no1. The second-order valence-electron chi connectivity index (χ2n) is 5.00. The zero-order chi connectivity index (χ0) is 13.9. The van der Waals surface area contributed by atoms with E-state index in [1.165, 1.54) is 23.9 Å². The predicted molar refractivity (Wildman–Crippen MR) is 74.8 cm³/mol. The molecular formula is C14H16FN3OS. The molecule has 0 bridgehead atoms. The zero-order valence-corrected chi connectivity index (χ0v) is 11.8. The van der Waals surface area contributed by atoms with Gasteiger partial charge in [0.15, 0.2) is 5.82 Å². The van der Waals surface area contributed by atoms with Crippen LogP contribution in [-0.4, -0.2) is 16.2 Å². The summed E-state index contributed by atoms with van der Waals surface area (Å²) in [6, 6.07) is 6.61. The number of hydrogen-bond acceptors (Lipinski definition) is 5. The fraction of sp³-hybridized carbons (Fsp3) is 0.429. The standard InChI is InChI=1S/C14H16FN3OS/c15-9-3-1-4-10(7-9)20-8-13-17-14(19-18-13)11-5-2-6-12(11)16/h1,3-4,7,11-12H,2,5-6,8,16H2. The minimum absolute atomic E-state index is 0.124. The van der Waals surface area contributed by atoms with Gasteiger partial charge in [-0.05, 0) is 31.0 Å². The fourth-order valence-corrected chi connectivity index (χ4v) is 3.26. The average Bonchev–Trinajstić information content (AvgIpc) is 3.05. The van der Waals surface area contributed by atoms with E-state index in [2.05, 4.69) is 10.1 Å². The van der Waals surface area contributed by atoms with Gasteiger partial charge in [-0.2, -0.15) is 4.98 Å². The Morgan fingerprint density at radius 2 is 2.30 bits per heavy atom.